The number of halogens is 1. The molecule has 0 fully saturated rings. The van der Waals surface area contributed by atoms with Gasteiger partial charge in [-0.2, -0.15) is 0 Å². The smallest absolute Gasteiger partial charge is 0.341 e. The van der Waals surface area contributed by atoms with Gasteiger partial charge in [0.15, 0.2) is 0 Å². The fraction of sp³-hybridized carbons (Fsp3) is 0.222. The van der Waals surface area contributed by atoms with Gasteiger partial charge >= 0.3 is 5.97 Å². The highest BCUT2D eigenvalue weighted by atomic mass is 79.9. The summed E-state index contributed by atoms with van der Waals surface area (Å²) in [7, 11) is 0. The van der Waals surface area contributed by atoms with Crippen LogP contribution in [0.4, 0.5) is 10.7 Å². The van der Waals surface area contributed by atoms with Crippen LogP contribution in [0.25, 0.3) is 11.0 Å². The predicted molar refractivity (Wildman–Crippen MR) is 140 cm³/mol. The number of nitrogens with one attached hydrogen (secondary N) is 1. The fourth-order valence-electron chi connectivity index (χ4n) is 4.20. The molecule has 6 nitrogen and oxygen atoms in total. The molecule has 0 saturated heterocycles. The molecule has 4 aromatic rings. The van der Waals surface area contributed by atoms with E-state index in [1.807, 2.05) is 48.5 Å². The first-order valence-electron chi connectivity index (χ1n) is 11.5. The summed E-state index contributed by atoms with van der Waals surface area (Å²) in [6.07, 6.45) is 3.83. The topological polar surface area (TPSA) is 80.9 Å². The second-order valence-corrected chi connectivity index (χ2v) is 10.2. The lowest BCUT2D eigenvalue weighted by atomic mass is 9.95. The fourth-order valence-corrected chi connectivity index (χ4v) is 5.83. The second kappa shape index (κ2) is 10.2. The molecule has 0 aliphatic heterocycles. The number of hydrogen-bond acceptors (Lipinski definition) is 6. The summed E-state index contributed by atoms with van der Waals surface area (Å²) < 4.78 is 12.4. The molecule has 2 heterocycles. The van der Waals surface area contributed by atoms with Crippen LogP contribution >= 0.6 is 27.3 Å². The van der Waals surface area contributed by atoms with Crippen molar-refractivity contribution in [3.63, 3.8) is 0 Å². The Bertz CT molecular complexity index is 1490. The predicted octanol–water partition coefficient (Wildman–Crippen LogP) is 6.80. The molecule has 1 amide bonds. The van der Waals surface area contributed by atoms with Gasteiger partial charge in [-0.1, -0.05) is 34.1 Å². The highest BCUT2D eigenvalue weighted by Gasteiger charge is 2.27. The first kappa shape index (κ1) is 23.5. The van der Waals surface area contributed by atoms with E-state index in [9.17, 15) is 9.59 Å². The van der Waals surface area contributed by atoms with Crippen molar-refractivity contribution < 1.29 is 18.7 Å². The minimum atomic E-state index is -0.384. The maximum atomic E-state index is 13.3. The average Bonchev–Trinajstić information content (AvgIpc) is 3.22. The molecule has 2 aromatic carbocycles. The summed E-state index contributed by atoms with van der Waals surface area (Å²) in [6, 6.07) is 16.6. The number of nitrogens with zero attached hydrogens (tertiary/aromatic N) is 1. The van der Waals surface area contributed by atoms with Crippen LogP contribution in [0.3, 0.4) is 0 Å². The van der Waals surface area contributed by atoms with Gasteiger partial charge in [0.1, 0.15) is 16.1 Å². The molecule has 1 N–H and O–H groups in total. The molecule has 5 rings (SSSR count). The Hall–Kier alpha value is -3.23. The minimum absolute atomic E-state index is 0.150. The van der Waals surface area contributed by atoms with Gasteiger partial charge in [-0.05, 0) is 74.6 Å². The Morgan fingerprint density at radius 1 is 1.11 bits per heavy atom. The van der Waals surface area contributed by atoms with E-state index >= 15 is 0 Å². The van der Waals surface area contributed by atoms with Crippen molar-refractivity contribution >= 4 is 60.8 Å². The molecular weight excluding hydrogens is 528 g/mol. The van der Waals surface area contributed by atoms with Crippen molar-refractivity contribution in [2.75, 3.05) is 11.9 Å². The number of rotatable bonds is 5. The first-order chi connectivity index (χ1) is 17.0. The molecule has 0 bridgehead atoms. The minimum Gasteiger partial charge on any atom is -0.462 e. The Kier molecular flexibility index (Phi) is 6.83. The van der Waals surface area contributed by atoms with Crippen LogP contribution in [0, 0.1) is 0 Å². The molecule has 35 heavy (non-hydrogen) atoms. The number of fused-ring (bicyclic) bond motifs is 2. The Balaban J connectivity index is 1.69. The molecule has 1 aliphatic carbocycles. The maximum Gasteiger partial charge on any atom is 0.341 e. The summed E-state index contributed by atoms with van der Waals surface area (Å²) in [5.74, 6) is -0.731. The van der Waals surface area contributed by atoms with E-state index in [4.69, 9.17) is 14.1 Å². The van der Waals surface area contributed by atoms with Crippen LogP contribution in [-0.4, -0.2) is 18.5 Å². The molecular formula is C27H23BrN2O4S. The number of benzene rings is 2. The number of amides is 1. The first-order valence-corrected chi connectivity index (χ1v) is 13.1. The number of aryl methyl sites for hydroxylation is 1. The highest BCUT2D eigenvalue weighted by Crippen LogP contribution is 2.40. The van der Waals surface area contributed by atoms with Gasteiger partial charge in [0.05, 0.1) is 12.2 Å². The third kappa shape index (κ3) is 4.94. The maximum absolute atomic E-state index is 13.3. The summed E-state index contributed by atoms with van der Waals surface area (Å²) in [5.41, 5.74) is 3.18. The van der Waals surface area contributed by atoms with Crippen molar-refractivity contribution in [3.8, 4) is 0 Å². The molecule has 8 heteroatoms. The third-order valence-electron chi connectivity index (χ3n) is 5.82. The van der Waals surface area contributed by atoms with Gasteiger partial charge in [-0.3, -0.25) is 4.79 Å². The highest BCUT2D eigenvalue weighted by molar-refractivity contribution is 9.10. The number of carbonyl (C=O) groups excluding carboxylic acids is 2. The zero-order chi connectivity index (χ0) is 24.4. The van der Waals surface area contributed by atoms with Gasteiger partial charge < -0.3 is 14.5 Å². The molecule has 178 valence electrons. The number of ether oxygens (including phenoxy) is 1. The molecule has 1 aliphatic rings. The normalized spacial score (nSPS) is 13.5. The van der Waals surface area contributed by atoms with Gasteiger partial charge in [0.2, 0.25) is 5.55 Å². The quantitative estimate of drug-likeness (QED) is 0.277. The van der Waals surface area contributed by atoms with Crippen LogP contribution in [0.5, 0.6) is 0 Å². The summed E-state index contributed by atoms with van der Waals surface area (Å²) in [4.78, 5) is 32.2. The van der Waals surface area contributed by atoms with Crippen LogP contribution in [0.2, 0.25) is 0 Å². The zero-order valence-corrected chi connectivity index (χ0v) is 21.5. The molecule has 0 unspecified atom stereocenters. The zero-order valence-electron chi connectivity index (χ0n) is 19.1. The number of anilines is 1. The monoisotopic (exact) mass is 550 g/mol. The van der Waals surface area contributed by atoms with Crippen LogP contribution in [-0.2, 0) is 17.6 Å². The third-order valence-corrected chi connectivity index (χ3v) is 7.50. The Labute approximate surface area is 214 Å². The Morgan fingerprint density at radius 3 is 2.71 bits per heavy atom. The summed E-state index contributed by atoms with van der Waals surface area (Å²) in [5, 5.41) is 4.19. The summed E-state index contributed by atoms with van der Waals surface area (Å²) >= 11 is 4.95. The van der Waals surface area contributed by atoms with Gasteiger partial charge in [-0.15, -0.1) is 11.3 Å². The van der Waals surface area contributed by atoms with Gasteiger partial charge in [0, 0.05) is 20.4 Å². The molecule has 0 saturated carbocycles. The van der Waals surface area contributed by atoms with E-state index in [-0.39, 0.29) is 29.6 Å². The van der Waals surface area contributed by atoms with E-state index in [1.54, 1.807) is 13.0 Å². The van der Waals surface area contributed by atoms with E-state index < -0.39 is 0 Å². The number of hydrogen-bond donors (Lipinski definition) is 1. The number of para-hydroxylation sites is 1. The van der Waals surface area contributed by atoms with Crippen molar-refractivity contribution in [2.24, 2.45) is 4.99 Å². The number of esters is 1. The van der Waals surface area contributed by atoms with E-state index in [0.717, 1.165) is 46.0 Å². The lowest BCUT2D eigenvalue weighted by Gasteiger charge is -2.11. The molecule has 0 spiro atoms. The number of thiophene rings is 1. The van der Waals surface area contributed by atoms with Crippen molar-refractivity contribution in [1.29, 1.82) is 0 Å². The number of carbonyl (C=O) groups is 2. The van der Waals surface area contributed by atoms with Crippen LogP contribution in [0.15, 0.2) is 68.5 Å². The van der Waals surface area contributed by atoms with Crippen molar-refractivity contribution in [1.82, 2.24) is 0 Å². The molecule has 2 aromatic heterocycles. The molecule has 0 atom stereocenters. The molecule has 0 radical (unpaired) electrons. The largest absolute Gasteiger partial charge is 0.462 e. The second-order valence-electron chi connectivity index (χ2n) is 8.19. The van der Waals surface area contributed by atoms with E-state index in [1.165, 1.54) is 11.3 Å². The van der Waals surface area contributed by atoms with Crippen LogP contribution in [0.1, 0.15) is 50.9 Å². The Morgan fingerprint density at radius 2 is 1.91 bits per heavy atom. The van der Waals surface area contributed by atoms with E-state index in [2.05, 4.69) is 21.2 Å². The average molecular weight is 551 g/mol. The van der Waals surface area contributed by atoms with Gasteiger partial charge in [0.25, 0.3) is 5.91 Å². The summed E-state index contributed by atoms with van der Waals surface area (Å²) in [6.45, 7) is 2.07. The lowest BCUT2D eigenvalue weighted by molar-refractivity contribution is 0.0526. The van der Waals surface area contributed by atoms with E-state index in [0.29, 0.717) is 21.8 Å². The van der Waals surface area contributed by atoms with Crippen molar-refractivity contribution in [2.45, 2.75) is 32.6 Å². The SMILES string of the molecule is CCOC(=O)c1c(N=c2oc3ccc(Br)cc3cc2C(=O)Nc2ccccc2)sc2c1CCCC2. The van der Waals surface area contributed by atoms with Gasteiger partial charge in [-0.25, -0.2) is 9.79 Å². The standard InChI is InChI=1S/C27H23BrN2O4S/c1-2-33-27(32)23-19-10-6-7-11-22(19)35-26(23)30-25-20(24(31)29-18-8-4-3-5-9-18)15-16-14-17(28)12-13-21(16)34-25/h3-5,8-9,12-15H,2,6-7,10-11H2,1H3,(H,29,31). The lowest BCUT2D eigenvalue weighted by Crippen LogP contribution is -2.21. The van der Waals surface area contributed by atoms with Crippen molar-refractivity contribution in [3.05, 3.63) is 86.2 Å². The van der Waals surface area contributed by atoms with Crippen LogP contribution < -0.4 is 10.9 Å².